The van der Waals surface area contributed by atoms with Crippen LogP contribution in [-0.4, -0.2) is 63.2 Å². The molecule has 5 rings (SSSR count). The van der Waals surface area contributed by atoms with Gasteiger partial charge in [0, 0.05) is 18.3 Å². The van der Waals surface area contributed by atoms with Crippen LogP contribution in [0.2, 0.25) is 0 Å². The van der Waals surface area contributed by atoms with Crippen LogP contribution in [0.5, 0.6) is 11.5 Å². The number of H-pyrrole nitrogens is 1. The molecule has 2 aromatic carbocycles. The highest BCUT2D eigenvalue weighted by Crippen LogP contribution is 2.43. The fourth-order valence-electron chi connectivity index (χ4n) is 5.12. The second-order valence-electron chi connectivity index (χ2n) is 9.55. The number of para-hydroxylation sites is 2. The maximum Gasteiger partial charge on any atom is 0.144 e. The van der Waals surface area contributed by atoms with Gasteiger partial charge in [0.25, 0.3) is 0 Å². The molecule has 0 radical (unpaired) electrons. The Bertz CT molecular complexity index is 1350. The zero-order chi connectivity index (χ0) is 24.0. The highest BCUT2D eigenvalue weighted by atomic mass is 16.3. The Labute approximate surface area is 199 Å². The van der Waals surface area contributed by atoms with Crippen molar-refractivity contribution in [2.24, 2.45) is 7.05 Å². The summed E-state index contributed by atoms with van der Waals surface area (Å²) in [7, 11) is 4.21. The summed E-state index contributed by atoms with van der Waals surface area (Å²) in [5.41, 5.74) is 6.42. The number of hydrogen-bond acceptors (Lipinski definition) is 4. The molecule has 0 aliphatic carbocycles. The van der Waals surface area contributed by atoms with Crippen LogP contribution in [0.25, 0.3) is 33.7 Å². The zero-order valence-electron chi connectivity index (χ0n) is 20.4. The first kappa shape index (κ1) is 22.4. The number of fused-ring (bicyclic) bond motifs is 1. The topological polar surface area (TPSA) is 95.8 Å². The van der Waals surface area contributed by atoms with Crippen molar-refractivity contribution in [2.75, 3.05) is 33.2 Å². The first-order valence-electron chi connectivity index (χ1n) is 12.1. The largest absolute Gasteiger partial charge is 0.507 e. The average molecular weight is 463 g/mol. The van der Waals surface area contributed by atoms with Gasteiger partial charge in [-0.25, -0.2) is 4.98 Å². The minimum absolute atomic E-state index is 0.111. The van der Waals surface area contributed by atoms with E-state index in [0.29, 0.717) is 29.8 Å². The number of aromatic hydroxyl groups is 2. The van der Waals surface area contributed by atoms with E-state index in [1.54, 1.807) is 0 Å². The molecule has 1 fully saturated rings. The van der Waals surface area contributed by atoms with E-state index in [0.717, 1.165) is 59.9 Å². The lowest BCUT2D eigenvalue weighted by Crippen LogP contribution is -3.26. The third-order valence-corrected chi connectivity index (χ3v) is 7.28. The van der Waals surface area contributed by atoms with Crippen molar-refractivity contribution in [3.05, 3.63) is 47.2 Å². The number of aromatic amines is 1. The van der Waals surface area contributed by atoms with Crippen LogP contribution >= 0.6 is 0 Å². The minimum Gasteiger partial charge on any atom is -0.507 e. The van der Waals surface area contributed by atoms with Crippen molar-refractivity contribution in [3.8, 4) is 34.1 Å². The standard InChI is InChI=1S/C26H32N6O2/c1-5-17-14-18(25(34)19(24(17)33)15-32-12-10-30(3)11-13-32)23-22(16(2)28-29-23)26-27-20-8-6-7-9-21(20)31(26)4/h6-9,14,33-34H,5,10-13,15H2,1-4H3,(H,28,29)/p+2. The summed E-state index contributed by atoms with van der Waals surface area (Å²) in [5, 5.41) is 30.2. The molecule has 8 nitrogen and oxygen atoms in total. The molecule has 0 unspecified atom stereocenters. The van der Waals surface area contributed by atoms with Gasteiger partial charge in [-0.3, -0.25) is 5.10 Å². The molecule has 34 heavy (non-hydrogen) atoms. The Morgan fingerprint density at radius 1 is 1.09 bits per heavy atom. The van der Waals surface area contributed by atoms with Crippen LogP contribution in [-0.2, 0) is 20.0 Å². The number of nitrogens with one attached hydrogen (secondary N) is 3. The normalized spacial score (nSPS) is 18.6. The second-order valence-corrected chi connectivity index (χ2v) is 9.55. The summed E-state index contributed by atoms with van der Waals surface area (Å²) >= 11 is 0. The Kier molecular flexibility index (Phi) is 5.79. The Balaban J connectivity index is 1.64. The van der Waals surface area contributed by atoms with Crippen LogP contribution in [0, 0.1) is 6.92 Å². The molecule has 0 amide bonds. The molecular weight excluding hydrogens is 428 g/mol. The molecule has 1 aliphatic heterocycles. The smallest absolute Gasteiger partial charge is 0.144 e. The van der Waals surface area contributed by atoms with Gasteiger partial charge in [-0.2, -0.15) is 5.10 Å². The zero-order valence-corrected chi connectivity index (χ0v) is 20.4. The molecule has 1 aliphatic rings. The van der Waals surface area contributed by atoms with Gasteiger partial charge in [0.15, 0.2) is 0 Å². The van der Waals surface area contributed by atoms with Gasteiger partial charge < -0.3 is 24.6 Å². The number of piperazine rings is 1. The van der Waals surface area contributed by atoms with Crippen LogP contribution in [0.1, 0.15) is 23.7 Å². The molecule has 8 heteroatoms. The van der Waals surface area contributed by atoms with Crippen LogP contribution in [0.4, 0.5) is 0 Å². The number of rotatable bonds is 5. The number of quaternary nitrogens is 2. The predicted octanol–water partition coefficient (Wildman–Crippen LogP) is 0.826. The van der Waals surface area contributed by atoms with Crippen molar-refractivity contribution in [1.82, 2.24) is 19.7 Å². The van der Waals surface area contributed by atoms with E-state index in [1.807, 2.05) is 51.2 Å². The number of aryl methyl sites for hydroxylation is 3. The molecule has 3 heterocycles. The van der Waals surface area contributed by atoms with Gasteiger partial charge in [0.2, 0.25) is 0 Å². The summed E-state index contributed by atoms with van der Waals surface area (Å²) in [6, 6.07) is 9.91. The summed E-state index contributed by atoms with van der Waals surface area (Å²) in [6.07, 6.45) is 0.666. The number of aromatic nitrogens is 4. The van der Waals surface area contributed by atoms with E-state index in [2.05, 4.69) is 21.8 Å². The first-order valence-corrected chi connectivity index (χ1v) is 12.1. The highest BCUT2D eigenvalue weighted by Gasteiger charge is 2.28. The third kappa shape index (κ3) is 3.73. The van der Waals surface area contributed by atoms with E-state index >= 15 is 0 Å². The number of hydrogen-bond donors (Lipinski definition) is 5. The lowest BCUT2D eigenvalue weighted by molar-refractivity contribution is -1.01. The number of likely N-dealkylation sites (N-methyl/N-ethyl adjacent to an activating group) is 1. The Morgan fingerprint density at radius 2 is 1.82 bits per heavy atom. The molecule has 5 N–H and O–H groups in total. The number of benzene rings is 2. The van der Waals surface area contributed by atoms with Crippen molar-refractivity contribution in [3.63, 3.8) is 0 Å². The number of imidazole rings is 1. The van der Waals surface area contributed by atoms with Gasteiger partial charge in [-0.1, -0.05) is 19.1 Å². The fourth-order valence-corrected chi connectivity index (χ4v) is 5.12. The van der Waals surface area contributed by atoms with Gasteiger partial charge in [0.1, 0.15) is 55.7 Å². The SMILES string of the molecule is CCc1cc(-c2n[nH]c(C)c2-c2nc3ccccc3n2C)c(O)c(C[NH+]2CC[NH+](C)CC2)c1O. The van der Waals surface area contributed by atoms with Gasteiger partial charge in [0.05, 0.1) is 29.2 Å². The average Bonchev–Trinajstić information content (AvgIpc) is 3.37. The van der Waals surface area contributed by atoms with E-state index < -0.39 is 0 Å². The lowest BCUT2D eigenvalue weighted by atomic mass is 9.96. The monoisotopic (exact) mass is 462 g/mol. The van der Waals surface area contributed by atoms with E-state index in [-0.39, 0.29) is 11.5 Å². The Morgan fingerprint density at radius 3 is 2.53 bits per heavy atom. The maximum absolute atomic E-state index is 11.5. The summed E-state index contributed by atoms with van der Waals surface area (Å²) < 4.78 is 2.06. The molecule has 178 valence electrons. The molecule has 4 aromatic rings. The lowest BCUT2D eigenvalue weighted by Gasteiger charge is -2.28. The van der Waals surface area contributed by atoms with E-state index in [9.17, 15) is 10.2 Å². The first-order chi connectivity index (χ1) is 16.4. The van der Waals surface area contributed by atoms with Crippen LogP contribution in [0.15, 0.2) is 30.3 Å². The van der Waals surface area contributed by atoms with Crippen LogP contribution < -0.4 is 9.80 Å². The fraction of sp³-hybridized carbons (Fsp3) is 0.385. The Hall–Kier alpha value is -3.36. The van der Waals surface area contributed by atoms with Crippen molar-refractivity contribution in [2.45, 2.75) is 26.8 Å². The second kappa shape index (κ2) is 8.77. The molecule has 2 aromatic heterocycles. The number of phenolic OH excluding ortho intramolecular Hbond substituents is 2. The minimum atomic E-state index is 0.111. The van der Waals surface area contributed by atoms with Crippen molar-refractivity contribution >= 4 is 11.0 Å². The summed E-state index contributed by atoms with van der Waals surface area (Å²) in [6.45, 7) is 8.80. The molecule has 0 spiro atoms. The van der Waals surface area contributed by atoms with Crippen molar-refractivity contribution < 1.29 is 20.0 Å². The van der Waals surface area contributed by atoms with Gasteiger partial charge in [-0.15, -0.1) is 0 Å². The third-order valence-electron chi connectivity index (χ3n) is 7.28. The van der Waals surface area contributed by atoms with Crippen LogP contribution in [0.3, 0.4) is 0 Å². The maximum atomic E-state index is 11.5. The van der Waals surface area contributed by atoms with Crippen molar-refractivity contribution in [1.29, 1.82) is 0 Å². The molecular formula is C26H34N6O2+2. The summed E-state index contributed by atoms with van der Waals surface area (Å²) in [4.78, 5) is 7.79. The quantitative estimate of drug-likeness (QED) is 0.304. The van der Waals surface area contributed by atoms with Gasteiger partial charge in [-0.05, 0) is 37.1 Å². The highest BCUT2D eigenvalue weighted by molar-refractivity contribution is 5.88. The predicted molar refractivity (Wildman–Crippen MR) is 132 cm³/mol. The number of phenols is 2. The van der Waals surface area contributed by atoms with E-state index in [4.69, 9.17) is 4.98 Å². The van der Waals surface area contributed by atoms with Gasteiger partial charge >= 0.3 is 0 Å². The van der Waals surface area contributed by atoms with E-state index in [1.165, 1.54) is 9.80 Å². The molecule has 0 atom stereocenters. The summed E-state index contributed by atoms with van der Waals surface area (Å²) in [5.74, 6) is 1.11. The molecule has 0 saturated carbocycles. The molecule has 1 saturated heterocycles. The number of nitrogens with zero attached hydrogens (tertiary/aromatic N) is 3. The molecule has 0 bridgehead atoms.